The van der Waals surface area contributed by atoms with E-state index in [1.165, 1.54) is 12.3 Å². The van der Waals surface area contributed by atoms with Crippen molar-refractivity contribution < 1.29 is 18.8 Å². The first-order chi connectivity index (χ1) is 8.49. The molecule has 1 atom stereocenters. The van der Waals surface area contributed by atoms with E-state index in [0.29, 0.717) is 11.5 Å². The molecule has 0 saturated carbocycles. The van der Waals surface area contributed by atoms with Crippen molar-refractivity contribution in [3.63, 3.8) is 0 Å². The predicted molar refractivity (Wildman–Crippen MR) is 61.9 cm³/mol. The van der Waals surface area contributed by atoms with Crippen molar-refractivity contribution in [1.82, 2.24) is 10.5 Å². The molecule has 2 heterocycles. The van der Waals surface area contributed by atoms with E-state index in [-0.39, 0.29) is 12.3 Å². The van der Waals surface area contributed by atoms with E-state index < -0.39 is 11.5 Å². The maximum absolute atomic E-state index is 11.7. The number of nitrogens with one attached hydrogen (secondary N) is 1. The van der Waals surface area contributed by atoms with Gasteiger partial charge >= 0.3 is 0 Å². The molecule has 0 aliphatic heterocycles. The quantitative estimate of drug-likeness (QED) is 0.851. The molecule has 0 aromatic carbocycles. The van der Waals surface area contributed by atoms with Gasteiger partial charge in [-0.3, -0.25) is 4.79 Å². The second-order valence-electron chi connectivity index (χ2n) is 4.27. The summed E-state index contributed by atoms with van der Waals surface area (Å²) in [6, 6.07) is 4.84. The number of aryl methyl sites for hydroxylation is 1. The summed E-state index contributed by atoms with van der Waals surface area (Å²) in [5.74, 6) is 0.0710. The average molecular weight is 250 g/mol. The van der Waals surface area contributed by atoms with E-state index in [9.17, 15) is 9.90 Å². The third kappa shape index (κ3) is 2.60. The van der Waals surface area contributed by atoms with Crippen LogP contribution in [-0.2, 0) is 5.60 Å². The molecule has 0 aliphatic carbocycles. The third-order valence-corrected chi connectivity index (χ3v) is 2.50. The fourth-order valence-corrected chi connectivity index (χ4v) is 1.48. The van der Waals surface area contributed by atoms with Gasteiger partial charge in [-0.1, -0.05) is 5.16 Å². The fourth-order valence-electron chi connectivity index (χ4n) is 1.48. The van der Waals surface area contributed by atoms with Gasteiger partial charge < -0.3 is 19.4 Å². The number of hydrogen-bond donors (Lipinski definition) is 2. The molecule has 2 N–H and O–H groups in total. The minimum Gasteiger partial charge on any atom is -0.466 e. The molecule has 6 heteroatoms. The number of furan rings is 1. The van der Waals surface area contributed by atoms with Gasteiger partial charge in [0.2, 0.25) is 5.76 Å². The second-order valence-corrected chi connectivity index (χ2v) is 4.27. The zero-order chi connectivity index (χ0) is 13.2. The van der Waals surface area contributed by atoms with Crippen molar-refractivity contribution in [3.05, 3.63) is 41.7 Å². The summed E-state index contributed by atoms with van der Waals surface area (Å²) < 4.78 is 9.92. The number of hydrogen-bond acceptors (Lipinski definition) is 5. The van der Waals surface area contributed by atoms with Gasteiger partial charge in [-0.25, -0.2) is 0 Å². The minimum absolute atomic E-state index is 0.0130. The van der Waals surface area contributed by atoms with Crippen LogP contribution in [0.15, 0.2) is 33.4 Å². The van der Waals surface area contributed by atoms with E-state index in [1.54, 1.807) is 26.0 Å². The number of rotatable bonds is 4. The molecule has 0 saturated heterocycles. The maximum Gasteiger partial charge on any atom is 0.290 e. The van der Waals surface area contributed by atoms with Crippen LogP contribution in [0.4, 0.5) is 0 Å². The van der Waals surface area contributed by atoms with Gasteiger partial charge in [-0.2, -0.15) is 0 Å². The Morgan fingerprint density at radius 3 is 2.94 bits per heavy atom. The molecular formula is C12H14N2O4. The first-order valence-electron chi connectivity index (χ1n) is 5.47. The third-order valence-electron chi connectivity index (χ3n) is 2.50. The Morgan fingerprint density at radius 2 is 2.39 bits per heavy atom. The zero-order valence-electron chi connectivity index (χ0n) is 10.1. The standard InChI is InChI=1S/C12H14N2O4/c1-8-6-9(18-14-8)11(15)13-7-12(2,16)10-4-3-5-17-10/h3-6,16H,7H2,1-2H3,(H,13,15). The molecule has 1 amide bonds. The van der Waals surface area contributed by atoms with Crippen molar-refractivity contribution in [1.29, 1.82) is 0 Å². The average Bonchev–Trinajstić information content (AvgIpc) is 2.96. The molecule has 2 aromatic heterocycles. The number of aromatic nitrogens is 1. The van der Waals surface area contributed by atoms with Gasteiger partial charge in [0.05, 0.1) is 18.5 Å². The van der Waals surface area contributed by atoms with Crippen molar-refractivity contribution in [2.45, 2.75) is 19.4 Å². The molecule has 0 spiro atoms. The molecular weight excluding hydrogens is 236 g/mol. The zero-order valence-corrected chi connectivity index (χ0v) is 10.1. The Hall–Kier alpha value is -2.08. The largest absolute Gasteiger partial charge is 0.466 e. The normalized spacial score (nSPS) is 14.2. The van der Waals surface area contributed by atoms with E-state index in [4.69, 9.17) is 8.94 Å². The van der Waals surface area contributed by atoms with Gasteiger partial charge in [0, 0.05) is 6.07 Å². The lowest BCUT2D eigenvalue weighted by molar-refractivity contribution is 0.0324. The summed E-state index contributed by atoms with van der Waals surface area (Å²) in [5.41, 5.74) is -0.647. The van der Waals surface area contributed by atoms with Crippen LogP contribution in [0.1, 0.15) is 28.9 Å². The van der Waals surface area contributed by atoms with Crippen molar-refractivity contribution >= 4 is 5.91 Å². The highest BCUT2D eigenvalue weighted by atomic mass is 16.5. The first kappa shape index (κ1) is 12.4. The van der Waals surface area contributed by atoms with E-state index >= 15 is 0 Å². The van der Waals surface area contributed by atoms with Crippen LogP contribution in [-0.4, -0.2) is 22.7 Å². The molecule has 6 nitrogen and oxygen atoms in total. The summed E-state index contributed by atoms with van der Waals surface area (Å²) in [4.78, 5) is 11.7. The summed E-state index contributed by atoms with van der Waals surface area (Å²) in [6.45, 7) is 3.29. The van der Waals surface area contributed by atoms with E-state index in [0.717, 1.165) is 0 Å². The van der Waals surface area contributed by atoms with Crippen LogP contribution in [0.2, 0.25) is 0 Å². The van der Waals surface area contributed by atoms with E-state index in [1.807, 2.05) is 0 Å². The topological polar surface area (TPSA) is 88.5 Å². The van der Waals surface area contributed by atoms with Crippen molar-refractivity contribution in [3.8, 4) is 0 Å². The Labute approximate surface area is 104 Å². The van der Waals surface area contributed by atoms with Crippen LogP contribution in [0.3, 0.4) is 0 Å². The van der Waals surface area contributed by atoms with Gasteiger partial charge in [-0.15, -0.1) is 0 Å². The number of aliphatic hydroxyl groups is 1. The van der Waals surface area contributed by atoms with Gasteiger partial charge in [0.1, 0.15) is 11.4 Å². The Balaban J connectivity index is 1.98. The van der Waals surface area contributed by atoms with Crippen LogP contribution < -0.4 is 5.32 Å². The van der Waals surface area contributed by atoms with Gasteiger partial charge in [-0.05, 0) is 26.0 Å². The molecule has 0 bridgehead atoms. The van der Waals surface area contributed by atoms with Crippen molar-refractivity contribution in [2.24, 2.45) is 0 Å². The lowest BCUT2D eigenvalue weighted by Gasteiger charge is -2.20. The van der Waals surface area contributed by atoms with Gasteiger partial charge in [0.15, 0.2) is 0 Å². The monoisotopic (exact) mass is 250 g/mol. The molecule has 0 aliphatic rings. The summed E-state index contributed by atoms with van der Waals surface area (Å²) in [6.07, 6.45) is 1.46. The van der Waals surface area contributed by atoms with Crippen molar-refractivity contribution in [2.75, 3.05) is 6.54 Å². The molecule has 1 unspecified atom stereocenters. The summed E-state index contributed by atoms with van der Waals surface area (Å²) >= 11 is 0. The number of nitrogens with zero attached hydrogens (tertiary/aromatic N) is 1. The van der Waals surface area contributed by atoms with Crippen LogP contribution in [0.5, 0.6) is 0 Å². The highest BCUT2D eigenvalue weighted by Gasteiger charge is 2.27. The van der Waals surface area contributed by atoms with Gasteiger partial charge in [0.25, 0.3) is 5.91 Å². The molecule has 0 fully saturated rings. The molecule has 96 valence electrons. The SMILES string of the molecule is Cc1cc(C(=O)NCC(C)(O)c2ccco2)on1. The minimum atomic E-state index is -1.27. The Morgan fingerprint density at radius 1 is 1.61 bits per heavy atom. The molecule has 18 heavy (non-hydrogen) atoms. The lowest BCUT2D eigenvalue weighted by atomic mass is 10.0. The van der Waals surface area contributed by atoms with Crippen LogP contribution >= 0.6 is 0 Å². The molecule has 0 radical (unpaired) electrons. The van der Waals surface area contributed by atoms with Crippen LogP contribution in [0.25, 0.3) is 0 Å². The smallest absolute Gasteiger partial charge is 0.290 e. The number of amides is 1. The number of carbonyl (C=O) groups excluding carboxylic acids is 1. The second kappa shape index (κ2) is 4.66. The fraction of sp³-hybridized carbons (Fsp3) is 0.333. The predicted octanol–water partition coefficient (Wildman–Crippen LogP) is 1.21. The number of carbonyl (C=O) groups is 1. The Bertz CT molecular complexity index is 528. The summed E-state index contributed by atoms with van der Waals surface area (Å²) in [7, 11) is 0. The lowest BCUT2D eigenvalue weighted by Crippen LogP contribution is -2.38. The van der Waals surface area contributed by atoms with Crippen LogP contribution in [0, 0.1) is 6.92 Å². The molecule has 2 rings (SSSR count). The summed E-state index contributed by atoms with van der Waals surface area (Å²) in [5, 5.41) is 16.3. The Kier molecular flexibility index (Phi) is 3.20. The molecule has 2 aromatic rings. The highest BCUT2D eigenvalue weighted by Crippen LogP contribution is 2.19. The first-order valence-corrected chi connectivity index (χ1v) is 5.47. The maximum atomic E-state index is 11.7. The highest BCUT2D eigenvalue weighted by molar-refractivity contribution is 5.91. The van der Waals surface area contributed by atoms with E-state index in [2.05, 4.69) is 10.5 Å².